The number of methoxy groups -OCH3 is 2. The van der Waals surface area contributed by atoms with Crippen LogP contribution in [0.25, 0.3) is 0 Å². The maximum absolute atomic E-state index is 11.5. The van der Waals surface area contributed by atoms with Gasteiger partial charge in [0.05, 0.1) is 19.6 Å². The number of carbonyl (C=O) groups excluding carboxylic acids is 2. The van der Waals surface area contributed by atoms with E-state index in [2.05, 4.69) is 10.1 Å². The second-order valence-electron chi connectivity index (χ2n) is 3.82. The fourth-order valence-electron chi connectivity index (χ4n) is 1.17. The highest BCUT2D eigenvalue weighted by Crippen LogP contribution is 2.02. The molecule has 2 N–H and O–H groups in total. The van der Waals surface area contributed by atoms with Crippen molar-refractivity contribution in [3.63, 3.8) is 0 Å². The Hall–Kier alpha value is -1.63. The Morgan fingerprint density at radius 3 is 2.33 bits per heavy atom. The number of carboxylic acid groups (broad SMARTS) is 1. The lowest BCUT2D eigenvalue weighted by Gasteiger charge is -2.14. The van der Waals surface area contributed by atoms with Crippen molar-refractivity contribution in [1.82, 2.24) is 5.32 Å². The van der Waals surface area contributed by atoms with Crippen LogP contribution < -0.4 is 5.32 Å². The highest BCUT2D eigenvalue weighted by Gasteiger charge is 2.23. The van der Waals surface area contributed by atoms with Crippen LogP contribution in [-0.4, -0.2) is 49.3 Å². The number of rotatable bonds is 8. The second-order valence-corrected chi connectivity index (χ2v) is 3.82. The van der Waals surface area contributed by atoms with Gasteiger partial charge in [-0.3, -0.25) is 9.59 Å². The predicted octanol–water partition coefficient (Wildman–Crippen LogP) is -0.0660. The Kier molecular flexibility index (Phi) is 7.69. The Bertz CT molecular complexity index is 304. The van der Waals surface area contributed by atoms with Crippen LogP contribution in [0, 0.1) is 0 Å². The molecule has 0 aliphatic heterocycles. The highest BCUT2D eigenvalue weighted by molar-refractivity contribution is 5.87. The van der Waals surface area contributed by atoms with Gasteiger partial charge in [0.2, 0.25) is 5.91 Å². The number of amides is 1. The van der Waals surface area contributed by atoms with Gasteiger partial charge in [-0.2, -0.15) is 0 Å². The summed E-state index contributed by atoms with van der Waals surface area (Å²) in [5.41, 5.74) is 0. The van der Waals surface area contributed by atoms with E-state index >= 15 is 0 Å². The van der Waals surface area contributed by atoms with Crippen LogP contribution in [0.1, 0.15) is 26.2 Å². The minimum atomic E-state index is -1.27. The molecule has 0 heterocycles. The summed E-state index contributed by atoms with van der Waals surface area (Å²) >= 11 is 0. The van der Waals surface area contributed by atoms with Crippen LogP contribution in [0.4, 0.5) is 0 Å². The number of carbonyl (C=O) groups is 3. The second kappa shape index (κ2) is 8.46. The lowest BCUT2D eigenvalue weighted by Crippen LogP contribution is -2.42. The van der Waals surface area contributed by atoms with Crippen molar-refractivity contribution in [2.24, 2.45) is 0 Å². The van der Waals surface area contributed by atoms with E-state index in [0.717, 1.165) is 7.11 Å². The third-order valence-electron chi connectivity index (χ3n) is 2.41. The number of hydrogen-bond donors (Lipinski definition) is 2. The molecule has 0 fully saturated rings. The van der Waals surface area contributed by atoms with Gasteiger partial charge >= 0.3 is 11.9 Å². The summed E-state index contributed by atoms with van der Waals surface area (Å²) in [6, 6.07) is -1.26. The van der Waals surface area contributed by atoms with E-state index in [1.807, 2.05) is 0 Å². The predicted molar refractivity (Wildman–Crippen MR) is 61.9 cm³/mol. The summed E-state index contributed by atoms with van der Waals surface area (Å²) in [7, 11) is 2.68. The lowest BCUT2D eigenvalue weighted by molar-refractivity contribution is -0.148. The van der Waals surface area contributed by atoms with Crippen molar-refractivity contribution >= 4 is 17.8 Å². The number of ether oxygens (including phenoxy) is 2. The zero-order valence-corrected chi connectivity index (χ0v) is 10.8. The molecule has 0 radical (unpaired) electrons. The van der Waals surface area contributed by atoms with Crippen LogP contribution in [-0.2, 0) is 23.9 Å². The third-order valence-corrected chi connectivity index (χ3v) is 2.41. The normalized spacial score (nSPS) is 13.5. The van der Waals surface area contributed by atoms with Crippen LogP contribution in [0.2, 0.25) is 0 Å². The molecule has 0 aromatic carbocycles. The molecule has 1 unspecified atom stereocenters. The SMILES string of the molecule is COC(=O)C[C@H](NC(=O)CCC(C)OC)C(=O)O. The Morgan fingerprint density at radius 1 is 1.28 bits per heavy atom. The molecule has 0 rings (SSSR count). The first kappa shape index (κ1) is 16.4. The number of nitrogens with one attached hydrogen (secondary N) is 1. The summed E-state index contributed by atoms with van der Waals surface area (Å²) in [5, 5.41) is 11.1. The molecule has 0 aromatic heterocycles. The fourth-order valence-corrected chi connectivity index (χ4v) is 1.17. The topological polar surface area (TPSA) is 102 Å². The van der Waals surface area contributed by atoms with Gasteiger partial charge in [0.1, 0.15) is 6.04 Å². The number of esters is 1. The van der Waals surface area contributed by atoms with Crippen molar-refractivity contribution in [3.05, 3.63) is 0 Å². The first-order valence-electron chi connectivity index (χ1n) is 5.52. The molecular weight excluding hydrogens is 242 g/mol. The molecule has 7 heteroatoms. The standard InChI is InChI=1S/C11H19NO6/c1-7(17-2)4-5-9(13)12-8(11(15)16)6-10(14)18-3/h7-8H,4-6H2,1-3H3,(H,12,13)(H,15,16)/t7?,8-/m0/s1. The lowest BCUT2D eigenvalue weighted by atomic mass is 10.1. The van der Waals surface area contributed by atoms with Crippen molar-refractivity contribution in [1.29, 1.82) is 0 Å². The molecule has 104 valence electrons. The van der Waals surface area contributed by atoms with Crippen LogP contribution in [0.15, 0.2) is 0 Å². The molecule has 0 saturated heterocycles. The van der Waals surface area contributed by atoms with Gasteiger partial charge in [-0.05, 0) is 13.3 Å². The molecule has 1 amide bonds. The van der Waals surface area contributed by atoms with Gasteiger partial charge < -0.3 is 19.9 Å². The van der Waals surface area contributed by atoms with Gasteiger partial charge in [0, 0.05) is 13.5 Å². The monoisotopic (exact) mass is 261 g/mol. The third kappa shape index (κ3) is 6.85. The van der Waals surface area contributed by atoms with Crippen molar-refractivity contribution in [2.45, 2.75) is 38.3 Å². The maximum atomic E-state index is 11.5. The average Bonchev–Trinajstić information content (AvgIpc) is 2.34. The molecule has 0 saturated carbocycles. The molecule has 0 aliphatic carbocycles. The average molecular weight is 261 g/mol. The summed E-state index contributed by atoms with van der Waals surface area (Å²) < 4.78 is 9.32. The van der Waals surface area contributed by atoms with Crippen LogP contribution in [0.3, 0.4) is 0 Å². The van der Waals surface area contributed by atoms with Gasteiger partial charge in [-0.15, -0.1) is 0 Å². The maximum Gasteiger partial charge on any atom is 0.326 e. The fraction of sp³-hybridized carbons (Fsp3) is 0.727. The molecule has 7 nitrogen and oxygen atoms in total. The van der Waals surface area contributed by atoms with E-state index in [9.17, 15) is 14.4 Å². The van der Waals surface area contributed by atoms with E-state index in [1.165, 1.54) is 7.11 Å². The summed E-state index contributed by atoms with van der Waals surface area (Å²) in [6.07, 6.45) is 0.143. The number of aliphatic carboxylic acids is 1. The number of carboxylic acids is 1. The molecule has 0 aromatic rings. The first-order chi connectivity index (χ1) is 8.40. The summed E-state index contributed by atoms with van der Waals surface area (Å²) in [4.78, 5) is 33.3. The van der Waals surface area contributed by atoms with Gasteiger partial charge in [-0.1, -0.05) is 0 Å². The van der Waals surface area contributed by atoms with E-state index in [4.69, 9.17) is 9.84 Å². The van der Waals surface area contributed by atoms with Crippen LogP contribution in [0.5, 0.6) is 0 Å². The Labute approximate surface area is 105 Å². The minimum Gasteiger partial charge on any atom is -0.480 e. The molecular formula is C11H19NO6. The van der Waals surface area contributed by atoms with E-state index < -0.39 is 30.3 Å². The molecule has 0 bridgehead atoms. The Morgan fingerprint density at radius 2 is 1.89 bits per heavy atom. The van der Waals surface area contributed by atoms with Gasteiger partial charge in [-0.25, -0.2) is 4.79 Å². The molecule has 0 aliphatic rings. The summed E-state index contributed by atoms with van der Waals surface area (Å²) in [5.74, 6) is -2.39. The van der Waals surface area contributed by atoms with Crippen molar-refractivity contribution in [3.8, 4) is 0 Å². The summed E-state index contributed by atoms with van der Waals surface area (Å²) in [6.45, 7) is 1.80. The number of hydrogen-bond acceptors (Lipinski definition) is 5. The van der Waals surface area contributed by atoms with E-state index in [-0.39, 0.29) is 12.5 Å². The van der Waals surface area contributed by atoms with E-state index in [0.29, 0.717) is 6.42 Å². The van der Waals surface area contributed by atoms with Crippen molar-refractivity contribution in [2.75, 3.05) is 14.2 Å². The van der Waals surface area contributed by atoms with Crippen LogP contribution >= 0.6 is 0 Å². The van der Waals surface area contributed by atoms with Gasteiger partial charge in [0.15, 0.2) is 0 Å². The molecule has 0 spiro atoms. The first-order valence-corrected chi connectivity index (χ1v) is 5.52. The molecule has 18 heavy (non-hydrogen) atoms. The quantitative estimate of drug-likeness (QED) is 0.593. The van der Waals surface area contributed by atoms with E-state index in [1.54, 1.807) is 6.92 Å². The van der Waals surface area contributed by atoms with Crippen molar-refractivity contribution < 1.29 is 29.0 Å². The highest BCUT2D eigenvalue weighted by atomic mass is 16.5. The minimum absolute atomic E-state index is 0.0837. The zero-order valence-electron chi connectivity index (χ0n) is 10.8. The molecule has 2 atom stereocenters. The smallest absolute Gasteiger partial charge is 0.326 e. The Balaban J connectivity index is 4.20. The largest absolute Gasteiger partial charge is 0.480 e. The van der Waals surface area contributed by atoms with Gasteiger partial charge in [0.25, 0.3) is 0 Å². The zero-order chi connectivity index (χ0) is 14.1.